The van der Waals surface area contributed by atoms with E-state index < -0.39 is 54.0 Å². The number of carboxylic acid groups (broad SMARTS) is 1. The smallest absolute Gasteiger partial charge is 0.326 e. The maximum Gasteiger partial charge on any atom is 0.326 e. The first kappa shape index (κ1) is 30.0. The number of benzene rings is 1. The van der Waals surface area contributed by atoms with Gasteiger partial charge in [-0.15, -0.1) is 0 Å². The van der Waals surface area contributed by atoms with Gasteiger partial charge in [0.15, 0.2) is 0 Å². The van der Waals surface area contributed by atoms with Crippen LogP contribution in [0.5, 0.6) is 0 Å². The van der Waals surface area contributed by atoms with Crippen LogP contribution in [0.1, 0.15) is 23.9 Å². The number of aromatic amines is 3. The number of carbonyl (C=O) groups is 4. The summed E-state index contributed by atoms with van der Waals surface area (Å²) >= 11 is 0. The first-order valence-corrected chi connectivity index (χ1v) is 13.2. The molecular weight excluding hydrogens is 546 g/mol. The van der Waals surface area contributed by atoms with E-state index in [1.807, 2.05) is 24.3 Å². The monoisotopic (exact) mass is 579 g/mol. The van der Waals surface area contributed by atoms with Gasteiger partial charge in [0, 0.05) is 60.1 Å². The van der Waals surface area contributed by atoms with Gasteiger partial charge in [-0.2, -0.15) is 0 Å². The fourth-order valence-corrected chi connectivity index (χ4v) is 4.47. The Balaban J connectivity index is 1.51. The Kier molecular flexibility index (Phi) is 9.67. The van der Waals surface area contributed by atoms with Crippen LogP contribution in [0.15, 0.2) is 55.5 Å². The van der Waals surface area contributed by atoms with Gasteiger partial charge in [-0.1, -0.05) is 18.2 Å². The van der Waals surface area contributed by atoms with E-state index in [2.05, 4.69) is 40.9 Å². The van der Waals surface area contributed by atoms with E-state index in [9.17, 15) is 29.4 Å². The van der Waals surface area contributed by atoms with Gasteiger partial charge in [0.1, 0.15) is 18.1 Å². The highest BCUT2D eigenvalue weighted by Crippen LogP contribution is 2.19. The number of rotatable bonds is 14. The Bertz CT molecular complexity index is 1500. The summed E-state index contributed by atoms with van der Waals surface area (Å²) in [5, 5.41) is 28.3. The number of imidazole rings is 2. The van der Waals surface area contributed by atoms with E-state index in [4.69, 9.17) is 5.73 Å². The molecule has 42 heavy (non-hydrogen) atoms. The summed E-state index contributed by atoms with van der Waals surface area (Å²) in [5.74, 6) is -3.63. The Morgan fingerprint density at radius 1 is 0.857 bits per heavy atom. The largest absolute Gasteiger partial charge is 0.480 e. The second-order valence-corrected chi connectivity index (χ2v) is 9.92. The zero-order valence-corrected chi connectivity index (χ0v) is 22.7. The van der Waals surface area contributed by atoms with Crippen molar-refractivity contribution in [3.05, 3.63) is 72.5 Å². The van der Waals surface area contributed by atoms with Crippen molar-refractivity contribution >= 4 is 34.6 Å². The normalized spacial score (nSPS) is 14.8. The lowest BCUT2D eigenvalue weighted by Crippen LogP contribution is -2.60. The first-order chi connectivity index (χ1) is 20.1. The Morgan fingerprint density at radius 2 is 1.50 bits per heavy atom. The summed E-state index contributed by atoms with van der Waals surface area (Å²) in [5.41, 5.74) is 8.73. The third-order valence-corrected chi connectivity index (χ3v) is 6.72. The minimum atomic E-state index is -1.53. The van der Waals surface area contributed by atoms with Gasteiger partial charge in [0.2, 0.25) is 17.7 Å². The fraction of sp³-hybridized carbons (Fsp3) is 0.333. The van der Waals surface area contributed by atoms with Crippen molar-refractivity contribution in [2.24, 2.45) is 5.73 Å². The molecule has 5 atom stereocenters. The molecule has 0 aliphatic rings. The molecule has 0 aliphatic heterocycles. The number of carboxylic acids is 1. The van der Waals surface area contributed by atoms with Gasteiger partial charge in [-0.05, 0) is 18.6 Å². The minimum absolute atomic E-state index is 0.0318. The van der Waals surface area contributed by atoms with Crippen LogP contribution in [0, 0.1) is 0 Å². The van der Waals surface area contributed by atoms with Crippen LogP contribution in [0.4, 0.5) is 0 Å². The van der Waals surface area contributed by atoms with Crippen LogP contribution >= 0.6 is 0 Å². The molecule has 222 valence electrons. The molecule has 4 rings (SSSR count). The quantitative estimate of drug-likeness (QED) is 0.0878. The molecule has 10 N–H and O–H groups in total. The Hall–Kier alpha value is -5.02. The number of H-pyrrole nitrogens is 3. The second kappa shape index (κ2) is 13.6. The summed E-state index contributed by atoms with van der Waals surface area (Å²) in [6.45, 7) is 1.28. The van der Waals surface area contributed by atoms with Crippen molar-refractivity contribution < 1.29 is 29.4 Å². The number of aliphatic hydroxyl groups is 1. The highest BCUT2D eigenvalue weighted by Gasteiger charge is 2.33. The van der Waals surface area contributed by atoms with Crippen molar-refractivity contribution in [2.45, 2.75) is 56.5 Å². The van der Waals surface area contributed by atoms with Crippen LogP contribution in [0.25, 0.3) is 10.9 Å². The van der Waals surface area contributed by atoms with Gasteiger partial charge in [-0.25, -0.2) is 14.8 Å². The zero-order chi connectivity index (χ0) is 30.2. The molecule has 0 saturated heterocycles. The molecule has 0 spiro atoms. The number of amides is 3. The molecular formula is C27H33N9O6. The molecule has 15 heteroatoms. The number of fused-ring (bicyclic) bond motifs is 1. The molecule has 3 aromatic heterocycles. The molecule has 0 saturated carbocycles. The molecule has 0 radical (unpaired) electrons. The van der Waals surface area contributed by atoms with Gasteiger partial charge < -0.3 is 46.8 Å². The number of nitrogens with zero attached hydrogens (tertiary/aromatic N) is 2. The number of nitrogens with two attached hydrogens (primary N) is 1. The van der Waals surface area contributed by atoms with Crippen LogP contribution in [-0.4, -0.2) is 89.1 Å². The lowest BCUT2D eigenvalue weighted by Gasteiger charge is -2.26. The molecule has 0 aliphatic carbocycles. The average molecular weight is 580 g/mol. The number of carbonyl (C=O) groups excluding carboxylic acids is 3. The van der Waals surface area contributed by atoms with Crippen LogP contribution in [-0.2, 0) is 38.4 Å². The summed E-state index contributed by atoms with van der Waals surface area (Å²) in [7, 11) is 0. The third-order valence-electron chi connectivity index (χ3n) is 6.72. The SMILES string of the molecule is CC(O)C(NC(=O)C(Cc1c[nH]c2ccccc12)NC(=O)C(N)Cc1cnc[nH]1)C(=O)NC(Cc1cnc[nH]1)C(=O)O. The van der Waals surface area contributed by atoms with Crippen molar-refractivity contribution in [1.29, 1.82) is 0 Å². The van der Waals surface area contributed by atoms with Crippen molar-refractivity contribution in [3.63, 3.8) is 0 Å². The predicted octanol–water partition coefficient (Wildman–Crippen LogP) is -1.11. The number of para-hydroxylation sites is 1. The van der Waals surface area contributed by atoms with Crippen molar-refractivity contribution in [2.75, 3.05) is 0 Å². The first-order valence-electron chi connectivity index (χ1n) is 13.2. The molecule has 5 unspecified atom stereocenters. The number of nitrogens with one attached hydrogen (secondary N) is 6. The predicted molar refractivity (Wildman–Crippen MR) is 150 cm³/mol. The molecule has 15 nitrogen and oxygen atoms in total. The highest BCUT2D eigenvalue weighted by atomic mass is 16.4. The summed E-state index contributed by atoms with van der Waals surface area (Å²) in [6.07, 6.45) is 6.17. The number of hydrogen-bond donors (Lipinski definition) is 9. The summed E-state index contributed by atoms with van der Waals surface area (Å²) < 4.78 is 0. The fourth-order valence-electron chi connectivity index (χ4n) is 4.47. The summed E-state index contributed by atoms with van der Waals surface area (Å²) in [6, 6.07) is 2.31. The zero-order valence-electron chi connectivity index (χ0n) is 22.7. The van der Waals surface area contributed by atoms with Crippen LogP contribution in [0.2, 0.25) is 0 Å². The maximum atomic E-state index is 13.6. The van der Waals surface area contributed by atoms with Crippen LogP contribution in [0.3, 0.4) is 0 Å². The molecule has 3 heterocycles. The number of aromatic nitrogens is 5. The molecule has 0 fully saturated rings. The van der Waals surface area contributed by atoms with Gasteiger partial charge in [0.05, 0.1) is 24.8 Å². The molecule has 1 aromatic carbocycles. The number of aliphatic carboxylic acids is 1. The van der Waals surface area contributed by atoms with E-state index >= 15 is 0 Å². The van der Waals surface area contributed by atoms with E-state index in [1.54, 1.807) is 6.20 Å². The van der Waals surface area contributed by atoms with Gasteiger partial charge in [-0.3, -0.25) is 14.4 Å². The van der Waals surface area contributed by atoms with Crippen LogP contribution < -0.4 is 21.7 Å². The van der Waals surface area contributed by atoms with E-state index in [0.29, 0.717) is 11.4 Å². The van der Waals surface area contributed by atoms with E-state index in [1.165, 1.54) is 32.0 Å². The maximum absolute atomic E-state index is 13.6. The highest BCUT2D eigenvalue weighted by molar-refractivity contribution is 5.95. The molecule has 3 amide bonds. The topological polar surface area (TPSA) is 244 Å². The number of hydrogen-bond acceptors (Lipinski definition) is 8. The Labute approximate surface area is 239 Å². The molecule has 0 bridgehead atoms. The molecule has 4 aromatic rings. The second-order valence-electron chi connectivity index (χ2n) is 9.92. The minimum Gasteiger partial charge on any atom is -0.480 e. The number of aliphatic hydroxyl groups excluding tert-OH is 1. The standard InChI is InChI=1S/C27H33N9O6/c1-14(37)23(26(40)35-22(27(41)42)8-17-11-30-13-33-17)36-25(39)21(6-15-9-31-20-5-3-2-4-18(15)20)34-24(38)19(28)7-16-10-29-12-32-16/h2-5,9-14,19,21-23,31,37H,6-8,28H2,1H3,(H,29,32)(H,30,33)(H,34,38)(H,35,40)(H,36,39)(H,41,42). The van der Waals surface area contributed by atoms with Gasteiger partial charge >= 0.3 is 5.97 Å². The third kappa shape index (κ3) is 7.58. The average Bonchev–Trinajstić information content (AvgIpc) is 3.74. The van der Waals surface area contributed by atoms with Crippen molar-refractivity contribution in [3.8, 4) is 0 Å². The summed E-state index contributed by atoms with van der Waals surface area (Å²) in [4.78, 5) is 68.0. The van der Waals surface area contributed by atoms with Gasteiger partial charge in [0.25, 0.3) is 0 Å². The van der Waals surface area contributed by atoms with E-state index in [-0.39, 0.29) is 19.3 Å². The lowest BCUT2D eigenvalue weighted by atomic mass is 10.0. The Morgan fingerprint density at radius 3 is 2.12 bits per heavy atom. The lowest BCUT2D eigenvalue weighted by molar-refractivity contribution is -0.143. The van der Waals surface area contributed by atoms with E-state index in [0.717, 1.165) is 16.5 Å². The van der Waals surface area contributed by atoms with Crippen molar-refractivity contribution in [1.82, 2.24) is 40.9 Å².